The second-order valence-corrected chi connectivity index (χ2v) is 6.26. The number of hydrogen-bond donors (Lipinski definition) is 0. The van der Waals surface area contributed by atoms with Gasteiger partial charge >= 0.3 is 0 Å². The van der Waals surface area contributed by atoms with Gasteiger partial charge in [0.1, 0.15) is 0 Å². The number of carboxylic acid groups (broad SMARTS) is 1. The third-order valence-electron chi connectivity index (χ3n) is 4.55. The molecule has 0 saturated carbocycles. The Morgan fingerprint density at radius 2 is 1.92 bits per heavy atom. The second kappa shape index (κ2) is 9.85. The lowest BCUT2D eigenvalue weighted by Crippen LogP contribution is -2.27. The van der Waals surface area contributed by atoms with E-state index in [1.807, 2.05) is 17.0 Å². The van der Waals surface area contributed by atoms with Gasteiger partial charge in [-0.3, -0.25) is 4.79 Å². The van der Waals surface area contributed by atoms with Crippen molar-refractivity contribution in [2.45, 2.75) is 39.0 Å². The molecule has 2 atom stereocenters. The van der Waals surface area contributed by atoms with Gasteiger partial charge in [-0.05, 0) is 42.5 Å². The number of aliphatic imine (C=N–C) groups is 1. The molecule has 1 amide bonds. The summed E-state index contributed by atoms with van der Waals surface area (Å²) in [6.45, 7) is 9.14. The Bertz CT molecular complexity index is 554. The minimum atomic E-state index is -1.14. The lowest BCUT2D eigenvalue weighted by Gasteiger charge is -2.23. The highest BCUT2D eigenvalue weighted by atomic mass is 16.4. The summed E-state index contributed by atoms with van der Waals surface area (Å²) in [4.78, 5) is 27.5. The fourth-order valence-corrected chi connectivity index (χ4v) is 2.80. The van der Waals surface area contributed by atoms with Gasteiger partial charge in [-0.1, -0.05) is 38.1 Å². The first-order valence-electron chi connectivity index (χ1n) is 8.34. The van der Waals surface area contributed by atoms with Crippen LogP contribution in [-0.2, 0) is 4.79 Å². The zero-order chi connectivity index (χ0) is 18.1. The molecule has 0 aliphatic carbocycles. The average molecular weight is 331 g/mol. The van der Waals surface area contributed by atoms with Gasteiger partial charge in [0, 0.05) is 26.6 Å². The molecule has 0 aromatic heterocycles. The molecule has 1 fully saturated rings. The molecule has 1 saturated heterocycles. The van der Waals surface area contributed by atoms with Gasteiger partial charge in [0.05, 0.1) is 5.97 Å². The molecule has 5 heteroatoms. The molecule has 1 aliphatic heterocycles. The van der Waals surface area contributed by atoms with Crippen LogP contribution in [-0.4, -0.2) is 43.6 Å². The van der Waals surface area contributed by atoms with Crippen molar-refractivity contribution in [3.63, 3.8) is 0 Å². The van der Waals surface area contributed by atoms with Gasteiger partial charge in [-0.15, -0.1) is 0 Å². The minimum absolute atomic E-state index is 0.210. The molecular weight excluding hydrogens is 304 g/mol. The fraction of sp³-hybridized carbons (Fsp3) is 0.526. The lowest BCUT2D eigenvalue weighted by atomic mass is 9.86. The van der Waals surface area contributed by atoms with E-state index in [0.717, 1.165) is 31.5 Å². The molecule has 1 aliphatic rings. The number of carboxylic acids is 1. The molecule has 1 aromatic carbocycles. The molecule has 132 valence electrons. The Balaban J connectivity index is 0.000000891. The SMILES string of the molecule is C=NC.CC(CCN1CCCC1=O)C(C)c1ccc(C(=O)[O-])cc1. The van der Waals surface area contributed by atoms with Crippen LogP contribution in [0.15, 0.2) is 29.3 Å². The summed E-state index contributed by atoms with van der Waals surface area (Å²) in [5.41, 5.74) is 1.33. The van der Waals surface area contributed by atoms with Crippen LogP contribution < -0.4 is 5.11 Å². The molecule has 1 aromatic rings. The summed E-state index contributed by atoms with van der Waals surface area (Å²) in [5, 5.41) is 10.7. The molecule has 5 nitrogen and oxygen atoms in total. The Morgan fingerprint density at radius 1 is 1.33 bits per heavy atom. The summed E-state index contributed by atoms with van der Waals surface area (Å²) in [6.07, 6.45) is 2.64. The molecule has 2 unspecified atom stereocenters. The number of likely N-dealkylation sites (tertiary alicyclic amines) is 1. The van der Waals surface area contributed by atoms with Crippen molar-refractivity contribution in [1.29, 1.82) is 0 Å². The van der Waals surface area contributed by atoms with Crippen LogP contribution in [0.1, 0.15) is 54.9 Å². The van der Waals surface area contributed by atoms with Crippen molar-refractivity contribution in [2.75, 3.05) is 20.1 Å². The predicted molar refractivity (Wildman–Crippen MR) is 94.3 cm³/mol. The van der Waals surface area contributed by atoms with Crippen LogP contribution in [0, 0.1) is 5.92 Å². The zero-order valence-electron chi connectivity index (χ0n) is 14.8. The smallest absolute Gasteiger partial charge is 0.222 e. The molecule has 0 radical (unpaired) electrons. The summed E-state index contributed by atoms with van der Waals surface area (Å²) >= 11 is 0. The summed E-state index contributed by atoms with van der Waals surface area (Å²) in [7, 11) is 1.64. The summed E-state index contributed by atoms with van der Waals surface area (Å²) < 4.78 is 0. The van der Waals surface area contributed by atoms with Crippen molar-refractivity contribution >= 4 is 18.6 Å². The first-order chi connectivity index (χ1) is 11.4. The van der Waals surface area contributed by atoms with Crippen molar-refractivity contribution in [1.82, 2.24) is 4.90 Å². The number of carbonyl (C=O) groups is 2. The number of aromatic carboxylic acids is 1. The summed E-state index contributed by atoms with van der Waals surface area (Å²) in [5.74, 6) is -0.103. The number of amides is 1. The van der Waals surface area contributed by atoms with Crippen LogP contribution in [0.4, 0.5) is 0 Å². The van der Waals surface area contributed by atoms with Gasteiger partial charge in [0.25, 0.3) is 0 Å². The zero-order valence-corrected chi connectivity index (χ0v) is 14.8. The Morgan fingerprint density at radius 3 is 2.38 bits per heavy atom. The van der Waals surface area contributed by atoms with Gasteiger partial charge in [-0.2, -0.15) is 0 Å². The highest BCUT2D eigenvalue weighted by molar-refractivity contribution is 5.85. The van der Waals surface area contributed by atoms with Gasteiger partial charge in [-0.25, -0.2) is 0 Å². The standard InChI is InChI=1S/C17H23NO3.C2H5N/c1-12(9-11-18-10-3-4-16(18)19)13(2)14-5-7-15(8-6-14)17(20)21;1-3-2/h5-8,12-13H,3-4,9-11H2,1-2H3,(H,20,21);1H2,2H3/p-1. The highest BCUT2D eigenvalue weighted by Crippen LogP contribution is 2.27. The van der Waals surface area contributed by atoms with Crippen molar-refractivity contribution in [2.24, 2.45) is 10.9 Å². The fourth-order valence-electron chi connectivity index (χ4n) is 2.80. The van der Waals surface area contributed by atoms with Gasteiger partial charge in [0.15, 0.2) is 0 Å². The normalized spacial score (nSPS) is 16.1. The molecule has 0 N–H and O–H groups in total. The van der Waals surface area contributed by atoms with E-state index >= 15 is 0 Å². The maximum absolute atomic E-state index is 11.6. The third kappa shape index (κ3) is 5.80. The van der Waals surface area contributed by atoms with Crippen molar-refractivity contribution in [3.05, 3.63) is 35.4 Å². The minimum Gasteiger partial charge on any atom is -0.545 e. The maximum atomic E-state index is 11.6. The number of nitrogens with zero attached hydrogens (tertiary/aromatic N) is 2. The monoisotopic (exact) mass is 331 g/mol. The van der Waals surface area contributed by atoms with E-state index in [-0.39, 0.29) is 11.5 Å². The quantitative estimate of drug-likeness (QED) is 0.750. The number of rotatable bonds is 6. The van der Waals surface area contributed by atoms with E-state index in [1.54, 1.807) is 19.2 Å². The molecule has 24 heavy (non-hydrogen) atoms. The predicted octanol–water partition coefficient (Wildman–Crippen LogP) is 2.12. The van der Waals surface area contributed by atoms with Crippen LogP contribution in [0.2, 0.25) is 0 Å². The van der Waals surface area contributed by atoms with E-state index in [0.29, 0.717) is 18.3 Å². The van der Waals surface area contributed by atoms with E-state index in [2.05, 4.69) is 25.6 Å². The molecule has 0 bridgehead atoms. The van der Waals surface area contributed by atoms with E-state index in [4.69, 9.17) is 0 Å². The molecule has 0 spiro atoms. The number of hydrogen-bond acceptors (Lipinski definition) is 4. The van der Waals surface area contributed by atoms with Crippen molar-refractivity contribution < 1.29 is 14.7 Å². The Kier molecular flexibility index (Phi) is 8.16. The number of carbonyl (C=O) groups excluding carboxylic acids is 2. The van der Waals surface area contributed by atoms with Crippen LogP contribution in [0.3, 0.4) is 0 Å². The Hall–Kier alpha value is -2.17. The van der Waals surface area contributed by atoms with Gasteiger partial charge < -0.3 is 19.8 Å². The third-order valence-corrected chi connectivity index (χ3v) is 4.55. The maximum Gasteiger partial charge on any atom is 0.222 e. The second-order valence-electron chi connectivity index (χ2n) is 6.26. The summed E-state index contributed by atoms with van der Waals surface area (Å²) in [6, 6.07) is 6.90. The van der Waals surface area contributed by atoms with Crippen LogP contribution in [0.25, 0.3) is 0 Å². The Labute approximate surface area is 144 Å². The van der Waals surface area contributed by atoms with E-state index < -0.39 is 5.97 Å². The first-order valence-corrected chi connectivity index (χ1v) is 8.34. The largest absolute Gasteiger partial charge is 0.545 e. The van der Waals surface area contributed by atoms with Crippen LogP contribution >= 0.6 is 0 Å². The number of benzene rings is 1. The van der Waals surface area contributed by atoms with E-state index in [9.17, 15) is 14.7 Å². The van der Waals surface area contributed by atoms with E-state index in [1.165, 1.54) is 0 Å². The average Bonchev–Trinajstić information content (AvgIpc) is 2.98. The molecule has 1 heterocycles. The van der Waals surface area contributed by atoms with Crippen LogP contribution in [0.5, 0.6) is 0 Å². The molecular formula is C19H27N2O3-. The van der Waals surface area contributed by atoms with Crippen molar-refractivity contribution in [3.8, 4) is 0 Å². The molecule has 2 rings (SSSR count). The highest BCUT2D eigenvalue weighted by Gasteiger charge is 2.22. The first kappa shape index (κ1) is 19.9. The van der Waals surface area contributed by atoms with Gasteiger partial charge in [0.2, 0.25) is 5.91 Å². The topological polar surface area (TPSA) is 72.8 Å². The lowest BCUT2D eigenvalue weighted by molar-refractivity contribution is -0.255.